The van der Waals surface area contributed by atoms with Gasteiger partial charge in [-0.3, -0.25) is 14.4 Å². The van der Waals surface area contributed by atoms with Gasteiger partial charge in [0.05, 0.1) is 5.92 Å². The monoisotopic (exact) mass is 403 g/mol. The van der Waals surface area contributed by atoms with Crippen molar-refractivity contribution in [1.29, 1.82) is 0 Å². The zero-order chi connectivity index (χ0) is 19.7. The summed E-state index contributed by atoms with van der Waals surface area (Å²) in [5.41, 5.74) is 0.745. The molecule has 150 valence electrons. The smallest absolute Gasteiger partial charge is 0.228 e. The van der Waals surface area contributed by atoms with Crippen molar-refractivity contribution >= 4 is 35.0 Å². The maximum atomic E-state index is 13.0. The highest BCUT2D eigenvalue weighted by atomic mass is 35.5. The van der Waals surface area contributed by atoms with Crippen molar-refractivity contribution in [1.82, 2.24) is 9.80 Å². The highest BCUT2D eigenvalue weighted by Gasteiger charge is 2.39. The van der Waals surface area contributed by atoms with Crippen LogP contribution in [0.2, 0.25) is 5.02 Å². The summed E-state index contributed by atoms with van der Waals surface area (Å²) >= 11 is 6.04. The van der Waals surface area contributed by atoms with Crippen LogP contribution in [0.3, 0.4) is 0 Å². The van der Waals surface area contributed by atoms with Gasteiger partial charge in [0, 0.05) is 55.8 Å². The third-order valence-electron chi connectivity index (χ3n) is 6.17. The van der Waals surface area contributed by atoms with Gasteiger partial charge in [0.25, 0.3) is 0 Å². The molecule has 0 radical (unpaired) electrons. The number of carbonyl (C=O) groups is 3. The molecule has 1 aromatic rings. The lowest BCUT2D eigenvalue weighted by molar-refractivity contribution is -0.140. The first-order chi connectivity index (χ1) is 13.5. The number of rotatable bonds is 3. The lowest BCUT2D eigenvalue weighted by atomic mass is 9.98. The van der Waals surface area contributed by atoms with Crippen molar-refractivity contribution < 1.29 is 14.4 Å². The average molecular weight is 404 g/mol. The van der Waals surface area contributed by atoms with E-state index < -0.39 is 0 Å². The molecule has 3 aliphatic rings. The maximum Gasteiger partial charge on any atom is 0.228 e. The number of amides is 3. The van der Waals surface area contributed by atoms with Gasteiger partial charge >= 0.3 is 0 Å². The molecule has 0 aromatic heterocycles. The summed E-state index contributed by atoms with van der Waals surface area (Å²) in [4.78, 5) is 43.1. The molecule has 1 atom stereocenters. The molecular weight excluding hydrogens is 378 g/mol. The minimum atomic E-state index is -0.306. The molecule has 28 heavy (non-hydrogen) atoms. The second-order valence-electron chi connectivity index (χ2n) is 7.99. The van der Waals surface area contributed by atoms with Gasteiger partial charge < -0.3 is 14.7 Å². The molecule has 3 fully saturated rings. The minimum Gasteiger partial charge on any atom is -0.342 e. The quantitative estimate of drug-likeness (QED) is 0.779. The molecule has 4 rings (SSSR count). The molecule has 3 saturated heterocycles. The Hall–Kier alpha value is -2.08. The molecule has 3 amide bonds. The summed E-state index contributed by atoms with van der Waals surface area (Å²) in [7, 11) is 0. The van der Waals surface area contributed by atoms with Crippen LogP contribution in [0.5, 0.6) is 0 Å². The van der Waals surface area contributed by atoms with Crippen molar-refractivity contribution in [3.63, 3.8) is 0 Å². The van der Waals surface area contributed by atoms with E-state index in [-0.39, 0.29) is 36.1 Å². The number of hydrogen-bond acceptors (Lipinski definition) is 3. The van der Waals surface area contributed by atoms with Crippen molar-refractivity contribution in [3.05, 3.63) is 29.3 Å². The van der Waals surface area contributed by atoms with E-state index >= 15 is 0 Å². The van der Waals surface area contributed by atoms with E-state index in [0.29, 0.717) is 31.1 Å². The largest absolute Gasteiger partial charge is 0.342 e. The fourth-order valence-corrected chi connectivity index (χ4v) is 4.82. The van der Waals surface area contributed by atoms with E-state index in [4.69, 9.17) is 11.6 Å². The van der Waals surface area contributed by atoms with Crippen LogP contribution >= 0.6 is 11.6 Å². The van der Waals surface area contributed by atoms with Gasteiger partial charge in [-0.05, 0) is 43.9 Å². The Labute approximate surface area is 170 Å². The standard InChI is InChI=1S/C21H26ClN3O3/c22-16-4-3-5-18(13-16)25-14-15(12-20(25)27)21(28)23-10-7-17(8-11-23)24-9-2-1-6-19(24)26/h3-5,13,15,17H,1-2,6-12,14H2/t15-/m1/s1. The van der Waals surface area contributed by atoms with Gasteiger partial charge in [0.15, 0.2) is 0 Å². The number of likely N-dealkylation sites (tertiary alicyclic amines) is 2. The van der Waals surface area contributed by atoms with E-state index in [0.717, 1.165) is 37.9 Å². The molecule has 0 saturated carbocycles. The predicted molar refractivity (Wildman–Crippen MR) is 107 cm³/mol. The first kappa shape index (κ1) is 19.2. The van der Waals surface area contributed by atoms with Gasteiger partial charge in [0.1, 0.15) is 0 Å². The maximum absolute atomic E-state index is 13.0. The summed E-state index contributed by atoms with van der Waals surface area (Å²) in [6.07, 6.45) is 4.63. The molecule has 3 heterocycles. The molecule has 0 bridgehead atoms. The first-order valence-corrected chi connectivity index (χ1v) is 10.5. The van der Waals surface area contributed by atoms with Crippen LogP contribution in [-0.4, -0.2) is 59.7 Å². The molecule has 0 N–H and O–H groups in total. The molecule has 0 unspecified atom stereocenters. The van der Waals surface area contributed by atoms with Gasteiger partial charge in [-0.2, -0.15) is 0 Å². The van der Waals surface area contributed by atoms with Crippen LogP contribution in [0, 0.1) is 5.92 Å². The Bertz CT molecular complexity index is 776. The molecule has 1 aromatic carbocycles. The number of piperidine rings is 2. The summed E-state index contributed by atoms with van der Waals surface area (Å²) in [6.45, 7) is 2.58. The van der Waals surface area contributed by atoms with Gasteiger partial charge in [-0.15, -0.1) is 0 Å². The van der Waals surface area contributed by atoms with Crippen LogP contribution < -0.4 is 4.90 Å². The molecule has 3 aliphatic heterocycles. The van der Waals surface area contributed by atoms with Crippen LogP contribution in [-0.2, 0) is 14.4 Å². The molecule has 7 heteroatoms. The van der Waals surface area contributed by atoms with Gasteiger partial charge in [0.2, 0.25) is 17.7 Å². The number of halogens is 1. The molecular formula is C21H26ClN3O3. The Kier molecular flexibility index (Phi) is 5.58. The van der Waals surface area contributed by atoms with Crippen molar-refractivity contribution in [2.45, 2.75) is 44.6 Å². The number of nitrogens with zero attached hydrogens (tertiary/aromatic N) is 3. The number of anilines is 1. The Morgan fingerprint density at radius 1 is 1.04 bits per heavy atom. The van der Waals surface area contributed by atoms with Crippen molar-refractivity contribution in [2.24, 2.45) is 5.92 Å². The zero-order valence-electron chi connectivity index (χ0n) is 16.0. The Morgan fingerprint density at radius 3 is 2.54 bits per heavy atom. The van der Waals surface area contributed by atoms with Crippen LogP contribution in [0.25, 0.3) is 0 Å². The van der Waals surface area contributed by atoms with E-state index in [1.807, 2.05) is 21.9 Å². The molecule has 0 aliphatic carbocycles. The topological polar surface area (TPSA) is 60.9 Å². The summed E-state index contributed by atoms with van der Waals surface area (Å²) < 4.78 is 0. The predicted octanol–water partition coefficient (Wildman–Crippen LogP) is 2.70. The normalized spacial score (nSPS) is 24.2. The average Bonchev–Trinajstić information content (AvgIpc) is 3.10. The highest BCUT2D eigenvalue weighted by Crippen LogP contribution is 2.29. The van der Waals surface area contributed by atoms with Gasteiger partial charge in [-0.1, -0.05) is 17.7 Å². The number of carbonyl (C=O) groups excluding carboxylic acids is 3. The Morgan fingerprint density at radius 2 is 1.82 bits per heavy atom. The summed E-state index contributed by atoms with van der Waals surface area (Å²) in [6, 6.07) is 7.44. The van der Waals surface area contributed by atoms with E-state index in [1.165, 1.54) is 0 Å². The van der Waals surface area contributed by atoms with E-state index in [2.05, 4.69) is 0 Å². The fraction of sp³-hybridized carbons (Fsp3) is 0.571. The summed E-state index contributed by atoms with van der Waals surface area (Å²) in [5.74, 6) is -0.0232. The summed E-state index contributed by atoms with van der Waals surface area (Å²) in [5, 5.41) is 0.578. The fourth-order valence-electron chi connectivity index (χ4n) is 4.64. The highest BCUT2D eigenvalue weighted by molar-refractivity contribution is 6.31. The first-order valence-electron chi connectivity index (χ1n) is 10.2. The third kappa shape index (κ3) is 3.88. The SMILES string of the molecule is O=C([C@@H]1CC(=O)N(c2cccc(Cl)c2)C1)N1CCC(N2CCCCC2=O)CC1. The van der Waals surface area contributed by atoms with E-state index in [9.17, 15) is 14.4 Å². The van der Waals surface area contributed by atoms with Crippen LogP contribution in [0.4, 0.5) is 5.69 Å². The second-order valence-corrected chi connectivity index (χ2v) is 8.42. The minimum absolute atomic E-state index is 0.0329. The lowest BCUT2D eigenvalue weighted by Gasteiger charge is -2.40. The van der Waals surface area contributed by atoms with Crippen LogP contribution in [0.1, 0.15) is 38.5 Å². The molecule has 6 nitrogen and oxygen atoms in total. The third-order valence-corrected chi connectivity index (χ3v) is 6.41. The van der Waals surface area contributed by atoms with Crippen LogP contribution in [0.15, 0.2) is 24.3 Å². The lowest BCUT2D eigenvalue weighted by Crippen LogP contribution is -2.51. The molecule has 0 spiro atoms. The zero-order valence-corrected chi connectivity index (χ0v) is 16.7. The van der Waals surface area contributed by atoms with Crippen molar-refractivity contribution in [2.75, 3.05) is 31.1 Å². The van der Waals surface area contributed by atoms with E-state index in [1.54, 1.807) is 17.0 Å². The number of hydrogen-bond donors (Lipinski definition) is 0. The van der Waals surface area contributed by atoms with Gasteiger partial charge in [-0.25, -0.2) is 0 Å². The Balaban J connectivity index is 1.34. The van der Waals surface area contributed by atoms with Crippen molar-refractivity contribution in [3.8, 4) is 0 Å². The number of benzene rings is 1. The second kappa shape index (κ2) is 8.11.